The number of amides is 1. The van der Waals surface area contributed by atoms with Gasteiger partial charge in [0.2, 0.25) is 6.41 Å². The van der Waals surface area contributed by atoms with Crippen molar-refractivity contribution >= 4 is 25.3 Å². The standard InChI is InChI=1S/C22H29F2N2OP/c1-15(25-4)22(2,3)13-26(14-27)18-12-11-17(20(23)21(18)24)16-9-7-8-10-19(16)28(5)6/h7-12,14-15,25H,13H2,1-6H3. The van der Waals surface area contributed by atoms with Crippen LogP contribution in [0, 0.1) is 17.0 Å². The first-order chi connectivity index (χ1) is 13.1. The molecule has 6 heteroatoms. The van der Waals surface area contributed by atoms with Crippen LogP contribution >= 0.6 is 7.92 Å². The van der Waals surface area contributed by atoms with E-state index in [0.29, 0.717) is 12.0 Å². The molecule has 1 unspecified atom stereocenters. The molecule has 152 valence electrons. The zero-order valence-electron chi connectivity index (χ0n) is 17.4. The van der Waals surface area contributed by atoms with Crippen LogP contribution in [0.15, 0.2) is 36.4 Å². The number of nitrogens with one attached hydrogen (secondary N) is 1. The van der Waals surface area contributed by atoms with Crippen molar-refractivity contribution in [2.24, 2.45) is 5.41 Å². The molecule has 28 heavy (non-hydrogen) atoms. The maximum absolute atomic E-state index is 15.0. The number of benzene rings is 2. The third kappa shape index (κ3) is 4.59. The maximum Gasteiger partial charge on any atom is 0.214 e. The second-order valence-corrected chi connectivity index (χ2v) is 10.2. The lowest BCUT2D eigenvalue weighted by Gasteiger charge is -2.35. The van der Waals surface area contributed by atoms with Crippen molar-refractivity contribution in [2.75, 3.05) is 31.8 Å². The molecule has 2 rings (SSSR count). The van der Waals surface area contributed by atoms with Crippen LogP contribution < -0.4 is 15.5 Å². The molecule has 0 aromatic heterocycles. The Hall–Kier alpha value is -1.84. The fourth-order valence-electron chi connectivity index (χ4n) is 3.21. The second-order valence-electron chi connectivity index (χ2n) is 7.90. The lowest BCUT2D eigenvalue weighted by molar-refractivity contribution is -0.107. The molecule has 0 radical (unpaired) electrons. The number of nitrogens with zero attached hydrogens (tertiary/aromatic N) is 1. The van der Waals surface area contributed by atoms with Gasteiger partial charge in [-0.3, -0.25) is 4.79 Å². The topological polar surface area (TPSA) is 32.3 Å². The van der Waals surface area contributed by atoms with Crippen molar-refractivity contribution in [1.82, 2.24) is 5.32 Å². The predicted octanol–water partition coefficient (Wildman–Crippen LogP) is 4.60. The van der Waals surface area contributed by atoms with Crippen LogP contribution in [0.25, 0.3) is 11.1 Å². The summed E-state index contributed by atoms with van der Waals surface area (Å²) < 4.78 is 30.0. The van der Waals surface area contributed by atoms with Gasteiger partial charge < -0.3 is 10.2 Å². The molecule has 0 spiro atoms. The van der Waals surface area contributed by atoms with Crippen LogP contribution in [0.5, 0.6) is 0 Å². The van der Waals surface area contributed by atoms with E-state index in [9.17, 15) is 9.18 Å². The lowest BCUT2D eigenvalue weighted by Crippen LogP contribution is -2.45. The van der Waals surface area contributed by atoms with Gasteiger partial charge in [0.05, 0.1) is 5.69 Å². The number of rotatable bonds is 8. The Kier molecular flexibility index (Phi) is 7.30. The molecule has 0 aliphatic carbocycles. The van der Waals surface area contributed by atoms with Crippen LogP contribution in [-0.4, -0.2) is 39.4 Å². The number of carbonyl (C=O) groups is 1. The molecule has 1 atom stereocenters. The highest BCUT2D eigenvalue weighted by molar-refractivity contribution is 7.64. The fourth-order valence-corrected chi connectivity index (χ4v) is 4.27. The van der Waals surface area contributed by atoms with E-state index in [-0.39, 0.29) is 29.3 Å². The number of carbonyl (C=O) groups excluding carboxylic acids is 1. The van der Waals surface area contributed by atoms with Crippen LogP contribution in [-0.2, 0) is 4.79 Å². The molecule has 0 saturated carbocycles. The number of halogens is 2. The Morgan fingerprint density at radius 1 is 1.11 bits per heavy atom. The van der Waals surface area contributed by atoms with Crippen LogP contribution in [0.1, 0.15) is 20.8 Å². The van der Waals surface area contributed by atoms with Gasteiger partial charge in [-0.25, -0.2) is 8.78 Å². The monoisotopic (exact) mass is 406 g/mol. The normalized spacial score (nSPS) is 12.9. The Morgan fingerprint density at radius 2 is 1.75 bits per heavy atom. The summed E-state index contributed by atoms with van der Waals surface area (Å²) in [5, 5.41) is 4.16. The molecule has 0 bridgehead atoms. The van der Waals surface area contributed by atoms with E-state index in [0.717, 1.165) is 5.30 Å². The van der Waals surface area contributed by atoms with Crippen LogP contribution in [0.3, 0.4) is 0 Å². The molecule has 1 amide bonds. The molecule has 2 aromatic rings. The quantitative estimate of drug-likeness (QED) is 0.514. The molecule has 1 N–H and O–H groups in total. The minimum absolute atomic E-state index is 0.0413. The Morgan fingerprint density at radius 3 is 2.32 bits per heavy atom. The fraction of sp³-hybridized carbons (Fsp3) is 0.409. The molecule has 0 aliphatic rings. The highest BCUT2D eigenvalue weighted by Gasteiger charge is 2.29. The highest BCUT2D eigenvalue weighted by atomic mass is 31.1. The largest absolute Gasteiger partial charge is 0.317 e. The van der Waals surface area contributed by atoms with Gasteiger partial charge in [-0.1, -0.05) is 46.0 Å². The molecule has 0 saturated heterocycles. The molecule has 3 nitrogen and oxygen atoms in total. The van der Waals surface area contributed by atoms with Crippen molar-refractivity contribution in [3.63, 3.8) is 0 Å². The SMILES string of the molecule is CNC(C)C(C)(C)CN(C=O)c1ccc(-c2ccccc2P(C)C)c(F)c1F. The summed E-state index contributed by atoms with van der Waals surface area (Å²) in [4.78, 5) is 12.9. The van der Waals surface area contributed by atoms with Crippen molar-refractivity contribution in [3.05, 3.63) is 48.0 Å². The predicted molar refractivity (Wildman–Crippen MR) is 116 cm³/mol. The third-order valence-corrected chi connectivity index (χ3v) is 6.71. The summed E-state index contributed by atoms with van der Waals surface area (Å²) in [5.41, 5.74) is 0.551. The van der Waals surface area contributed by atoms with Crippen molar-refractivity contribution < 1.29 is 13.6 Å². The molecular weight excluding hydrogens is 377 g/mol. The first-order valence-corrected chi connectivity index (χ1v) is 11.5. The smallest absolute Gasteiger partial charge is 0.214 e. The molecular formula is C22H29F2N2OP. The Balaban J connectivity index is 2.48. The second kappa shape index (κ2) is 9.11. The average molecular weight is 406 g/mol. The first-order valence-electron chi connectivity index (χ1n) is 9.28. The average Bonchev–Trinajstić information content (AvgIpc) is 2.67. The van der Waals surface area contributed by atoms with Gasteiger partial charge in [-0.15, -0.1) is 0 Å². The first kappa shape index (κ1) is 22.4. The van der Waals surface area contributed by atoms with Gasteiger partial charge in [-0.05, 0) is 55.7 Å². The minimum Gasteiger partial charge on any atom is -0.317 e. The van der Waals surface area contributed by atoms with Gasteiger partial charge in [0.1, 0.15) is 0 Å². The maximum atomic E-state index is 15.0. The van der Waals surface area contributed by atoms with Gasteiger partial charge >= 0.3 is 0 Å². The highest BCUT2D eigenvalue weighted by Crippen LogP contribution is 2.35. The summed E-state index contributed by atoms with van der Waals surface area (Å²) in [5.74, 6) is -1.92. The molecule has 0 fully saturated rings. The molecule has 0 aliphatic heterocycles. The van der Waals surface area contributed by atoms with Crippen molar-refractivity contribution in [1.29, 1.82) is 0 Å². The van der Waals surface area contributed by atoms with E-state index in [1.807, 2.05) is 52.1 Å². The van der Waals surface area contributed by atoms with E-state index >= 15 is 4.39 Å². The van der Waals surface area contributed by atoms with Crippen LogP contribution in [0.2, 0.25) is 0 Å². The van der Waals surface area contributed by atoms with E-state index in [4.69, 9.17) is 0 Å². The number of hydrogen-bond acceptors (Lipinski definition) is 2. The lowest BCUT2D eigenvalue weighted by atomic mass is 9.85. The van der Waals surface area contributed by atoms with E-state index in [1.54, 1.807) is 6.07 Å². The number of anilines is 1. The van der Waals surface area contributed by atoms with Crippen LogP contribution in [0.4, 0.5) is 14.5 Å². The Bertz CT molecular complexity index is 839. The summed E-state index contributed by atoms with van der Waals surface area (Å²) in [7, 11) is 1.36. The van der Waals surface area contributed by atoms with E-state index in [2.05, 4.69) is 18.6 Å². The molecule has 2 aromatic carbocycles. The third-order valence-electron chi connectivity index (χ3n) is 5.36. The van der Waals surface area contributed by atoms with E-state index in [1.165, 1.54) is 11.0 Å². The van der Waals surface area contributed by atoms with Gasteiger partial charge in [0, 0.05) is 18.2 Å². The van der Waals surface area contributed by atoms with Gasteiger partial charge in [0.15, 0.2) is 11.6 Å². The minimum atomic E-state index is -0.996. The van der Waals surface area contributed by atoms with Gasteiger partial charge in [0.25, 0.3) is 0 Å². The summed E-state index contributed by atoms with van der Waals surface area (Å²) in [6.45, 7) is 10.4. The zero-order valence-corrected chi connectivity index (χ0v) is 18.3. The summed E-state index contributed by atoms with van der Waals surface area (Å²) in [6.07, 6.45) is 0.562. The van der Waals surface area contributed by atoms with Gasteiger partial charge in [-0.2, -0.15) is 0 Å². The number of hydrogen-bond donors (Lipinski definition) is 1. The molecule has 0 heterocycles. The van der Waals surface area contributed by atoms with Crippen molar-refractivity contribution in [3.8, 4) is 11.1 Å². The zero-order chi connectivity index (χ0) is 21.1. The summed E-state index contributed by atoms with van der Waals surface area (Å²) >= 11 is 0. The van der Waals surface area contributed by atoms with Crippen molar-refractivity contribution in [2.45, 2.75) is 26.8 Å². The van der Waals surface area contributed by atoms with E-state index < -0.39 is 19.6 Å². The Labute approximate surface area is 167 Å². The summed E-state index contributed by atoms with van der Waals surface area (Å²) in [6, 6.07) is 10.6.